The number of hydrogen-bond donors (Lipinski definition) is 1. The summed E-state index contributed by atoms with van der Waals surface area (Å²) in [4.78, 5) is 11.1. The number of carboxylic acids is 1. The Hall–Kier alpha value is -3.39. The van der Waals surface area contributed by atoms with Gasteiger partial charge in [0.1, 0.15) is 17.5 Å². The lowest BCUT2D eigenvalue weighted by molar-refractivity contribution is -0.132. The van der Waals surface area contributed by atoms with Crippen molar-refractivity contribution in [1.29, 1.82) is 5.26 Å². The number of hydrogen-bond acceptors (Lipinski definition) is 2. The number of aryl methyl sites for hydroxylation is 1. The third kappa shape index (κ3) is 3.29. The maximum absolute atomic E-state index is 13.8. The van der Waals surface area contributed by atoms with Gasteiger partial charge in [0.25, 0.3) is 0 Å². The number of halogens is 1. The zero-order valence-corrected chi connectivity index (χ0v) is 13.5. The van der Waals surface area contributed by atoms with Crippen molar-refractivity contribution in [3.05, 3.63) is 76.7 Å². The highest BCUT2D eigenvalue weighted by Crippen LogP contribution is 2.25. The first kappa shape index (κ1) is 16.5. The molecule has 1 aromatic heterocycles. The average molecular weight is 334 g/mol. The molecule has 2 aromatic carbocycles. The standard InChI is InChI=1S/C20H15FN2O2/c1-13-6-7-14(8-18(13)21)11-23-12-16(9-15(10-22)20(24)25)17-4-2-3-5-19(17)23/h2-9,12H,11H2,1H3,(H,24,25)/b15-9+. The average Bonchev–Trinajstić information content (AvgIpc) is 2.93. The summed E-state index contributed by atoms with van der Waals surface area (Å²) in [7, 11) is 0. The Labute approximate surface area is 144 Å². The van der Waals surface area contributed by atoms with Crippen LogP contribution in [-0.4, -0.2) is 15.6 Å². The molecule has 0 atom stereocenters. The van der Waals surface area contributed by atoms with Crippen LogP contribution >= 0.6 is 0 Å². The van der Waals surface area contributed by atoms with Crippen LogP contribution in [0, 0.1) is 24.1 Å². The van der Waals surface area contributed by atoms with Gasteiger partial charge in [-0.1, -0.05) is 30.3 Å². The fourth-order valence-corrected chi connectivity index (χ4v) is 2.75. The van der Waals surface area contributed by atoms with Crippen LogP contribution in [0.4, 0.5) is 4.39 Å². The van der Waals surface area contributed by atoms with E-state index < -0.39 is 5.97 Å². The zero-order valence-electron chi connectivity index (χ0n) is 13.5. The summed E-state index contributed by atoms with van der Waals surface area (Å²) in [5.74, 6) is -1.52. The van der Waals surface area contributed by atoms with Gasteiger partial charge in [0.05, 0.1) is 0 Å². The highest BCUT2D eigenvalue weighted by atomic mass is 19.1. The number of aliphatic carboxylic acids is 1. The molecule has 1 N–H and O–H groups in total. The number of carbonyl (C=O) groups is 1. The Bertz CT molecular complexity index is 1040. The first-order chi connectivity index (χ1) is 12.0. The first-order valence-electron chi connectivity index (χ1n) is 7.67. The van der Waals surface area contributed by atoms with Crippen molar-refractivity contribution < 1.29 is 14.3 Å². The number of fused-ring (bicyclic) bond motifs is 1. The van der Waals surface area contributed by atoms with E-state index in [2.05, 4.69) is 0 Å². The minimum atomic E-state index is -1.26. The van der Waals surface area contributed by atoms with Gasteiger partial charge in [0, 0.05) is 29.2 Å². The van der Waals surface area contributed by atoms with Crippen LogP contribution in [0.2, 0.25) is 0 Å². The Kier molecular flexibility index (Phi) is 4.36. The molecule has 1 heterocycles. The Morgan fingerprint density at radius 3 is 2.76 bits per heavy atom. The number of nitrogens with zero attached hydrogens (tertiary/aromatic N) is 2. The molecule has 3 rings (SSSR count). The van der Waals surface area contributed by atoms with Crippen LogP contribution in [-0.2, 0) is 11.3 Å². The number of para-hydroxylation sites is 1. The number of rotatable bonds is 4. The number of carboxylic acid groups (broad SMARTS) is 1. The van der Waals surface area contributed by atoms with E-state index in [0.717, 1.165) is 16.5 Å². The highest BCUT2D eigenvalue weighted by Gasteiger charge is 2.11. The Morgan fingerprint density at radius 2 is 2.08 bits per heavy atom. The summed E-state index contributed by atoms with van der Waals surface area (Å²) in [6, 6.07) is 14.3. The number of nitriles is 1. The molecule has 0 amide bonds. The molecular formula is C20H15FN2O2. The van der Waals surface area contributed by atoms with E-state index in [1.807, 2.05) is 34.9 Å². The first-order valence-corrected chi connectivity index (χ1v) is 7.67. The van der Waals surface area contributed by atoms with Crippen molar-refractivity contribution in [2.24, 2.45) is 0 Å². The molecule has 0 unspecified atom stereocenters. The summed E-state index contributed by atoms with van der Waals surface area (Å²) in [5.41, 5.74) is 2.59. The highest BCUT2D eigenvalue weighted by molar-refractivity contribution is 6.00. The van der Waals surface area contributed by atoms with E-state index in [1.165, 1.54) is 12.1 Å². The van der Waals surface area contributed by atoms with Crippen LogP contribution in [0.5, 0.6) is 0 Å². The summed E-state index contributed by atoms with van der Waals surface area (Å²) < 4.78 is 15.7. The van der Waals surface area contributed by atoms with Gasteiger partial charge in [0.15, 0.2) is 0 Å². The molecule has 0 aliphatic rings. The van der Waals surface area contributed by atoms with Gasteiger partial charge in [0.2, 0.25) is 0 Å². The molecule has 124 valence electrons. The minimum Gasteiger partial charge on any atom is -0.477 e. The monoisotopic (exact) mass is 334 g/mol. The SMILES string of the molecule is Cc1ccc(Cn2cc(/C=C(\C#N)C(=O)O)c3ccccc32)cc1F. The van der Waals surface area contributed by atoms with Gasteiger partial charge in [-0.15, -0.1) is 0 Å². The normalized spacial score (nSPS) is 11.5. The second kappa shape index (κ2) is 6.62. The van der Waals surface area contributed by atoms with Crippen molar-refractivity contribution in [1.82, 2.24) is 4.57 Å². The summed E-state index contributed by atoms with van der Waals surface area (Å²) >= 11 is 0. The molecule has 0 aliphatic heterocycles. The molecule has 0 fully saturated rings. The van der Waals surface area contributed by atoms with Crippen molar-refractivity contribution >= 4 is 22.9 Å². The van der Waals surface area contributed by atoms with Gasteiger partial charge in [-0.25, -0.2) is 9.18 Å². The molecule has 0 bridgehead atoms. The van der Waals surface area contributed by atoms with E-state index in [1.54, 1.807) is 25.3 Å². The fourth-order valence-electron chi connectivity index (χ4n) is 2.75. The molecule has 3 aromatic rings. The lowest BCUT2D eigenvalue weighted by Gasteiger charge is -2.06. The third-order valence-electron chi connectivity index (χ3n) is 4.06. The topological polar surface area (TPSA) is 66.0 Å². The van der Waals surface area contributed by atoms with Crippen LogP contribution in [0.1, 0.15) is 16.7 Å². The molecule has 0 spiro atoms. The van der Waals surface area contributed by atoms with Gasteiger partial charge >= 0.3 is 5.97 Å². The van der Waals surface area contributed by atoms with Gasteiger partial charge < -0.3 is 9.67 Å². The molecular weight excluding hydrogens is 319 g/mol. The fraction of sp³-hybridized carbons (Fsp3) is 0.100. The maximum atomic E-state index is 13.8. The van der Waals surface area contributed by atoms with Crippen LogP contribution in [0.15, 0.2) is 54.2 Å². The van der Waals surface area contributed by atoms with E-state index in [9.17, 15) is 9.18 Å². The van der Waals surface area contributed by atoms with E-state index in [0.29, 0.717) is 17.7 Å². The predicted octanol–water partition coefficient (Wildman–Crippen LogP) is 4.13. The van der Waals surface area contributed by atoms with Crippen LogP contribution in [0.3, 0.4) is 0 Å². The molecule has 4 nitrogen and oxygen atoms in total. The van der Waals surface area contributed by atoms with Gasteiger partial charge in [-0.3, -0.25) is 0 Å². The van der Waals surface area contributed by atoms with Crippen molar-refractivity contribution in [2.45, 2.75) is 13.5 Å². The maximum Gasteiger partial charge on any atom is 0.346 e. The molecule has 0 saturated carbocycles. The largest absolute Gasteiger partial charge is 0.477 e. The molecule has 5 heteroatoms. The Morgan fingerprint density at radius 1 is 1.32 bits per heavy atom. The molecule has 0 radical (unpaired) electrons. The molecule has 25 heavy (non-hydrogen) atoms. The predicted molar refractivity (Wildman–Crippen MR) is 93.4 cm³/mol. The van der Waals surface area contributed by atoms with Gasteiger partial charge in [-0.05, 0) is 36.3 Å². The summed E-state index contributed by atoms with van der Waals surface area (Å²) in [5, 5.41) is 18.9. The van der Waals surface area contributed by atoms with Crippen molar-refractivity contribution in [2.75, 3.05) is 0 Å². The smallest absolute Gasteiger partial charge is 0.346 e. The summed E-state index contributed by atoms with van der Waals surface area (Å²) in [6.07, 6.45) is 3.14. The number of aromatic nitrogens is 1. The Balaban J connectivity index is 2.09. The second-order valence-corrected chi connectivity index (χ2v) is 5.79. The van der Waals surface area contributed by atoms with Crippen LogP contribution < -0.4 is 0 Å². The lowest BCUT2D eigenvalue weighted by Crippen LogP contribution is -1.99. The molecule has 0 saturated heterocycles. The molecule has 0 aliphatic carbocycles. The van der Waals surface area contributed by atoms with Crippen LogP contribution in [0.25, 0.3) is 17.0 Å². The van der Waals surface area contributed by atoms with Crippen molar-refractivity contribution in [3.8, 4) is 6.07 Å². The van der Waals surface area contributed by atoms with E-state index >= 15 is 0 Å². The second-order valence-electron chi connectivity index (χ2n) is 5.79. The van der Waals surface area contributed by atoms with E-state index in [-0.39, 0.29) is 11.4 Å². The van der Waals surface area contributed by atoms with Gasteiger partial charge in [-0.2, -0.15) is 5.26 Å². The minimum absolute atomic E-state index is 0.258. The number of benzene rings is 2. The van der Waals surface area contributed by atoms with E-state index in [4.69, 9.17) is 10.4 Å². The zero-order chi connectivity index (χ0) is 18.0. The van der Waals surface area contributed by atoms with Crippen molar-refractivity contribution in [3.63, 3.8) is 0 Å². The third-order valence-corrected chi connectivity index (χ3v) is 4.06. The quantitative estimate of drug-likeness (QED) is 0.576. The summed E-state index contributed by atoms with van der Waals surface area (Å²) in [6.45, 7) is 2.16. The lowest BCUT2D eigenvalue weighted by atomic mass is 10.1.